The quantitative estimate of drug-likeness (QED) is 0.913. The van der Waals surface area contributed by atoms with Gasteiger partial charge in [0, 0.05) is 6.92 Å². The van der Waals surface area contributed by atoms with Crippen LogP contribution in [0.2, 0.25) is 5.02 Å². The summed E-state index contributed by atoms with van der Waals surface area (Å²) in [5, 5.41) is 16.8. The number of halogens is 2. The fourth-order valence-electron chi connectivity index (χ4n) is 1.97. The Bertz CT molecular complexity index is 662. The number of likely N-dealkylation sites (N-methyl/N-ethyl adjacent to an activating group) is 1. The lowest BCUT2D eigenvalue weighted by Crippen LogP contribution is -2.30. The molecule has 1 N–H and O–H groups in total. The van der Waals surface area contributed by atoms with E-state index in [0.717, 1.165) is 6.07 Å². The first kappa shape index (κ1) is 15.4. The molecule has 0 aliphatic heterocycles. The molecule has 0 saturated carbocycles. The van der Waals surface area contributed by atoms with Crippen LogP contribution in [0.15, 0.2) is 22.6 Å². The summed E-state index contributed by atoms with van der Waals surface area (Å²) in [5.74, 6) is -0.985. The summed E-state index contributed by atoms with van der Waals surface area (Å²) in [5.41, 5.74) is 0.368. The van der Waals surface area contributed by atoms with E-state index in [1.165, 1.54) is 17.0 Å². The van der Waals surface area contributed by atoms with Gasteiger partial charge in [0.2, 0.25) is 11.8 Å². The van der Waals surface area contributed by atoms with Crippen molar-refractivity contribution in [2.75, 3.05) is 7.05 Å². The predicted octanol–water partition coefficient (Wildman–Crippen LogP) is 2.43. The Labute approximate surface area is 125 Å². The van der Waals surface area contributed by atoms with E-state index >= 15 is 0 Å². The molecular formula is C13H13ClFN3O3. The molecule has 1 aromatic heterocycles. The van der Waals surface area contributed by atoms with E-state index in [2.05, 4.69) is 10.2 Å². The zero-order valence-electron chi connectivity index (χ0n) is 11.4. The van der Waals surface area contributed by atoms with Crippen LogP contribution in [0.1, 0.15) is 23.4 Å². The van der Waals surface area contributed by atoms with Crippen molar-refractivity contribution in [2.24, 2.45) is 0 Å². The third-order valence-corrected chi connectivity index (χ3v) is 3.18. The van der Waals surface area contributed by atoms with Crippen molar-refractivity contribution in [3.8, 4) is 0 Å². The van der Waals surface area contributed by atoms with Gasteiger partial charge in [0.25, 0.3) is 0 Å². The SMILES string of the molecule is Cc1nnc(CN(C)[C@H](C(=O)O)c2ccc(F)c(Cl)c2)o1. The molecule has 0 aliphatic rings. The number of carboxylic acid groups (broad SMARTS) is 1. The van der Waals surface area contributed by atoms with Crippen LogP contribution in [-0.2, 0) is 11.3 Å². The number of hydrogen-bond acceptors (Lipinski definition) is 5. The number of aromatic nitrogens is 2. The van der Waals surface area contributed by atoms with Gasteiger partial charge in [0.15, 0.2) is 0 Å². The van der Waals surface area contributed by atoms with Gasteiger partial charge in [-0.15, -0.1) is 10.2 Å². The number of nitrogens with zero attached hydrogens (tertiary/aromatic N) is 3. The van der Waals surface area contributed by atoms with Crippen molar-refractivity contribution < 1.29 is 18.7 Å². The lowest BCUT2D eigenvalue weighted by Gasteiger charge is -2.23. The van der Waals surface area contributed by atoms with E-state index < -0.39 is 17.8 Å². The van der Waals surface area contributed by atoms with E-state index in [9.17, 15) is 14.3 Å². The molecule has 1 atom stereocenters. The van der Waals surface area contributed by atoms with Crippen LogP contribution in [0.25, 0.3) is 0 Å². The average Bonchev–Trinajstić information content (AvgIpc) is 2.79. The maximum Gasteiger partial charge on any atom is 0.325 e. The van der Waals surface area contributed by atoms with E-state index in [1.54, 1.807) is 14.0 Å². The summed E-state index contributed by atoms with van der Waals surface area (Å²) in [6, 6.07) is 2.81. The molecule has 0 radical (unpaired) electrons. The molecular weight excluding hydrogens is 301 g/mol. The lowest BCUT2D eigenvalue weighted by molar-refractivity contribution is -0.143. The summed E-state index contributed by atoms with van der Waals surface area (Å²) >= 11 is 5.70. The van der Waals surface area contributed by atoms with E-state index in [4.69, 9.17) is 16.0 Å². The minimum atomic E-state index is -1.09. The molecule has 0 unspecified atom stereocenters. The maximum atomic E-state index is 13.2. The molecule has 112 valence electrons. The lowest BCUT2D eigenvalue weighted by atomic mass is 10.1. The van der Waals surface area contributed by atoms with Gasteiger partial charge in [-0.1, -0.05) is 17.7 Å². The molecule has 0 spiro atoms. The normalized spacial score (nSPS) is 12.6. The van der Waals surface area contributed by atoms with Crippen LogP contribution in [0.5, 0.6) is 0 Å². The molecule has 2 aromatic rings. The summed E-state index contributed by atoms with van der Waals surface area (Å²) in [6.45, 7) is 1.79. The van der Waals surface area contributed by atoms with Gasteiger partial charge in [-0.25, -0.2) is 4.39 Å². The van der Waals surface area contributed by atoms with Crippen LogP contribution in [0.3, 0.4) is 0 Å². The molecule has 8 heteroatoms. The fourth-order valence-corrected chi connectivity index (χ4v) is 2.16. The first-order valence-electron chi connectivity index (χ1n) is 6.05. The highest BCUT2D eigenvalue weighted by atomic mass is 35.5. The Morgan fingerprint density at radius 3 is 2.76 bits per heavy atom. The first-order chi connectivity index (χ1) is 9.88. The summed E-state index contributed by atoms with van der Waals surface area (Å²) in [6.07, 6.45) is 0. The standard InChI is InChI=1S/C13H13ClFN3O3/c1-7-16-17-11(21-7)6-18(2)12(13(19)20)8-3-4-10(15)9(14)5-8/h3-5,12H,6H2,1-2H3,(H,19,20)/t12-/m0/s1. The largest absolute Gasteiger partial charge is 0.480 e. The maximum absolute atomic E-state index is 13.2. The highest BCUT2D eigenvalue weighted by Crippen LogP contribution is 2.25. The summed E-state index contributed by atoms with van der Waals surface area (Å²) in [4.78, 5) is 13.0. The molecule has 0 saturated heterocycles. The van der Waals surface area contributed by atoms with E-state index in [0.29, 0.717) is 17.3 Å². The Morgan fingerprint density at radius 1 is 1.52 bits per heavy atom. The smallest absolute Gasteiger partial charge is 0.325 e. The van der Waals surface area contributed by atoms with E-state index in [1.807, 2.05) is 0 Å². The molecule has 0 aliphatic carbocycles. The first-order valence-corrected chi connectivity index (χ1v) is 6.43. The average molecular weight is 314 g/mol. The van der Waals surface area contributed by atoms with Crippen LogP contribution < -0.4 is 0 Å². The van der Waals surface area contributed by atoms with E-state index in [-0.39, 0.29) is 11.6 Å². The molecule has 2 rings (SSSR count). The van der Waals surface area contributed by atoms with Gasteiger partial charge in [0.05, 0.1) is 11.6 Å². The number of aliphatic carboxylic acids is 1. The summed E-state index contributed by atoms with van der Waals surface area (Å²) in [7, 11) is 1.59. The van der Waals surface area contributed by atoms with Crippen molar-refractivity contribution >= 4 is 17.6 Å². The van der Waals surface area contributed by atoms with Gasteiger partial charge >= 0.3 is 5.97 Å². The van der Waals surface area contributed by atoms with Gasteiger partial charge in [-0.3, -0.25) is 9.69 Å². The second kappa shape index (κ2) is 6.19. The Balaban J connectivity index is 2.25. The van der Waals surface area contributed by atoms with Crippen LogP contribution in [0, 0.1) is 12.7 Å². The fraction of sp³-hybridized carbons (Fsp3) is 0.308. The van der Waals surface area contributed by atoms with Crippen LogP contribution >= 0.6 is 11.6 Å². The minimum Gasteiger partial charge on any atom is -0.480 e. The highest BCUT2D eigenvalue weighted by Gasteiger charge is 2.26. The Morgan fingerprint density at radius 2 is 2.24 bits per heavy atom. The molecule has 0 bridgehead atoms. The molecule has 0 amide bonds. The monoisotopic (exact) mass is 313 g/mol. The number of rotatable bonds is 5. The topological polar surface area (TPSA) is 79.5 Å². The van der Waals surface area contributed by atoms with Crippen molar-refractivity contribution in [1.82, 2.24) is 15.1 Å². The number of carboxylic acids is 1. The van der Waals surface area contributed by atoms with Crippen molar-refractivity contribution in [2.45, 2.75) is 19.5 Å². The summed E-state index contributed by atoms with van der Waals surface area (Å²) < 4.78 is 18.4. The van der Waals surface area contributed by atoms with Gasteiger partial charge in [0.1, 0.15) is 11.9 Å². The van der Waals surface area contributed by atoms with Gasteiger partial charge in [-0.2, -0.15) is 0 Å². The zero-order valence-corrected chi connectivity index (χ0v) is 12.1. The number of aryl methyl sites for hydroxylation is 1. The number of carbonyl (C=O) groups is 1. The second-order valence-corrected chi connectivity index (χ2v) is 4.95. The Hall–Kier alpha value is -1.99. The molecule has 21 heavy (non-hydrogen) atoms. The number of benzene rings is 1. The van der Waals surface area contributed by atoms with Gasteiger partial charge in [-0.05, 0) is 24.7 Å². The zero-order chi connectivity index (χ0) is 15.6. The Kier molecular flexibility index (Phi) is 4.54. The van der Waals surface area contributed by atoms with Crippen molar-refractivity contribution in [3.63, 3.8) is 0 Å². The molecule has 0 fully saturated rings. The third-order valence-electron chi connectivity index (χ3n) is 2.89. The van der Waals surface area contributed by atoms with Crippen molar-refractivity contribution in [1.29, 1.82) is 0 Å². The van der Waals surface area contributed by atoms with Crippen molar-refractivity contribution in [3.05, 3.63) is 46.4 Å². The third kappa shape index (κ3) is 3.56. The number of hydrogen-bond donors (Lipinski definition) is 1. The molecule has 6 nitrogen and oxygen atoms in total. The highest BCUT2D eigenvalue weighted by molar-refractivity contribution is 6.30. The molecule has 1 heterocycles. The second-order valence-electron chi connectivity index (χ2n) is 4.54. The van der Waals surface area contributed by atoms with Gasteiger partial charge < -0.3 is 9.52 Å². The van der Waals surface area contributed by atoms with Crippen LogP contribution in [-0.4, -0.2) is 33.2 Å². The van der Waals surface area contributed by atoms with Crippen LogP contribution in [0.4, 0.5) is 4.39 Å². The minimum absolute atomic E-state index is 0.124. The molecule has 1 aromatic carbocycles. The predicted molar refractivity (Wildman–Crippen MR) is 72.3 cm³/mol.